The Morgan fingerprint density at radius 1 is 1.00 bits per heavy atom. The lowest BCUT2D eigenvalue weighted by molar-refractivity contribution is 0.256. The number of halogens is 1. The molecule has 4 rings (SSSR count). The summed E-state index contributed by atoms with van der Waals surface area (Å²) in [6.45, 7) is 3.58. The Morgan fingerprint density at radius 3 is 2.42 bits per heavy atom. The van der Waals surface area contributed by atoms with Crippen LogP contribution in [0.1, 0.15) is 64.7 Å². The molecule has 1 heterocycles. The summed E-state index contributed by atoms with van der Waals surface area (Å²) in [5.41, 5.74) is 0. The first-order chi connectivity index (χ1) is 11.2. The fourth-order valence-corrected chi connectivity index (χ4v) is 5.08. The molecule has 4 unspecified atom stereocenters. The lowest BCUT2D eigenvalue weighted by atomic mass is 9.85. The van der Waals surface area contributed by atoms with Crippen LogP contribution in [-0.2, 0) is 0 Å². The molecule has 4 fully saturated rings. The number of hydrogen-bond acceptors (Lipinski definition) is 2. The molecule has 4 aliphatic rings. The summed E-state index contributed by atoms with van der Waals surface area (Å²) in [5, 5.41) is 7.41. The van der Waals surface area contributed by atoms with Gasteiger partial charge in [0.05, 0.1) is 0 Å². The van der Waals surface area contributed by atoms with Crippen LogP contribution in [0.15, 0.2) is 4.99 Å². The van der Waals surface area contributed by atoms with Gasteiger partial charge in [-0.2, -0.15) is 0 Å². The van der Waals surface area contributed by atoms with E-state index in [9.17, 15) is 0 Å². The van der Waals surface area contributed by atoms with Crippen molar-refractivity contribution in [3.63, 3.8) is 0 Å². The smallest absolute Gasteiger partial charge is 0.191 e. The highest BCUT2D eigenvalue weighted by atomic mass is 127. The summed E-state index contributed by atoms with van der Waals surface area (Å²) in [7, 11) is 1.92. The quantitative estimate of drug-likeness (QED) is 0.395. The zero-order chi connectivity index (χ0) is 15.8. The highest BCUT2D eigenvalue weighted by Gasteiger charge is 2.44. The maximum atomic E-state index is 4.50. The van der Waals surface area contributed by atoms with Crippen molar-refractivity contribution in [1.82, 2.24) is 15.5 Å². The number of nitrogens with zero attached hydrogens (tertiary/aromatic N) is 2. The van der Waals surface area contributed by atoms with E-state index in [1.165, 1.54) is 64.3 Å². The van der Waals surface area contributed by atoms with Crippen molar-refractivity contribution in [3.05, 3.63) is 0 Å². The molecule has 0 spiro atoms. The van der Waals surface area contributed by atoms with Gasteiger partial charge in [-0.25, -0.2) is 0 Å². The molecule has 5 heteroatoms. The average Bonchev–Trinajstić information content (AvgIpc) is 3.48. The van der Waals surface area contributed by atoms with Crippen molar-refractivity contribution in [1.29, 1.82) is 0 Å². The number of rotatable bonds is 4. The van der Waals surface area contributed by atoms with E-state index in [1.54, 1.807) is 0 Å². The van der Waals surface area contributed by atoms with Gasteiger partial charge < -0.3 is 10.6 Å². The predicted molar refractivity (Wildman–Crippen MR) is 111 cm³/mol. The van der Waals surface area contributed by atoms with Gasteiger partial charge >= 0.3 is 0 Å². The van der Waals surface area contributed by atoms with Gasteiger partial charge in [0.25, 0.3) is 0 Å². The first-order valence-corrected chi connectivity index (χ1v) is 10.00. The molecule has 4 nitrogen and oxygen atoms in total. The van der Waals surface area contributed by atoms with Gasteiger partial charge in [-0.1, -0.05) is 32.1 Å². The Labute approximate surface area is 164 Å². The second-order valence-corrected chi connectivity index (χ2v) is 8.47. The van der Waals surface area contributed by atoms with E-state index in [1.807, 2.05) is 7.05 Å². The normalized spacial score (nSPS) is 37.8. The molecule has 24 heavy (non-hydrogen) atoms. The van der Waals surface area contributed by atoms with Crippen molar-refractivity contribution < 1.29 is 0 Å². The van der Waals surface area contributed by atoms with Crippen LogP contribution in [0.5, 0.6) is 0 Å². The lowest BCUT2D eigenvalue weighted by Crippen LogP contribution is -2.46. The molecule has 0 aromatic rings. The van der Waals surface area contributed by atoms with Crippen molar-refractivity contribution in [2.24, 2.45) is 16.8 Å². The third kappa shape index (κ3) is 4.37. The number of hydrogen-bond donors (Lipinski definition) is 2. The Bertz CT molecular complexity index is 445. The van der Waals surface area contributed by atoms with Gasteiger partial charge in [0, 0.05) is 37.8 Å². The highest BCUT2D eigenvalue weighted by Crippen LogP contribution is 2.44. The highest BCUT2D eigenvalue weighted by molar-refractivity contribution is 14.0. The molecular formula is C19H35IN4. The molecule has 0 bridgehead atoms. The summed E-state index contributed by atoms with van der Waals surface area (Å²) < 4.78 is 0. The van der Waals surface area contributed by atoms with E-state index in [2.05, 4.69) is 27.4 Å². The monoisotopic (exact) mass is 446 g/mol. The number of guanidine groups is 1. The van der Waals surface area contributed by atoms with Crippen LogP contribution in [0.4, 0.5) is 0 Å². The summed E-state index contributed by atoms with van der Waals surface area (Å²) in [5.74, 6) is 2.94. The maximum absolute atomic E-state index is 4.50. The van der Waals surface area contributed by atoms with Crippen molar-refractivity contribution in [2.45, 2.75) is 88.9 Å². The van der Waals surface area contributed by atoms with Crippen LogP contribution in [0.2, 0.25) is 0 Å². The minimum Gasteiger partial charge on any atom is -0.353 e. The number of likely N-dealkylation sites (tertiary alicyclic amines) is 1. The third-order valence-corrected chi connectivity index (χ3v) is 6.62. The van der Waals surface area contributed by atoms with Gasteiger partial charge in [0.1, 0.15) is 0 Å². The van der Waals surface area contributed by atoms with E-state index in [-0.39, 0.29) is 24.0 Å². The zero-order valence-corrected chi connectivity index (χ0v) is 17.7. The second kappa shape index (κ2) is 8.11. The van der Waals surface area contributed by atoms with Crippen molar-refractivity contribution in [3.8, 4) is 0 Å². The Morgan fingerprint density at radius 2 is 1.75 bits per heavy atom. The zero-order valence-electron chi connectivity index (χ0n) is 15.3. The van der Waals surface area contributed by atoms with Crippen LogP contribution in [0.3, 0.4) is 0 Å². The van der Waals surface area contributed by atoms with Gasteiger partial charge in [-0.15, -0.1) is 24.0 Å². The summed E-state index contributed by atoms with van der Waals surface area (Å²) in [6.07, 6.45) is 12.7. The van der Waals surface area contributed by atoms with Crippen molar-refractivity contribution in [2.75, 3.05) is 13.6 Å². The fraction of sp³-hybridized carbons (Fsp3) is 0.947. The van der Waals surface area contributed by atoms with Gasteiger partial charge in [-0.3, -0.25) is 9.89 Å². The maximum Gasteiger partial charge on any atom is 0.191 e. The Balaban J connectivity index is 0.00000169. The molecule has 0 aromatic carbocycles. The van der Waals surface area contributed by atoms with Crippen LogP contribution >= 0.6 is 24.0 Å². The molecule has 0 aromatic heterocycles. The largest absolute Gasteiger partial charge is 0.353 e. The summed E-state index contributed by atoms with van der Waals surface area (Å²) in [6, 6.07) is 2.87. The molecule has 0 amide bonds. The van der Waals surface area contributed by atoms with E-state index in [0.29, 0.717) is 12.1 Å². The van der Waals surface area contributed by atoms with Crippen molar-refractivity contribution >= 4 is 29.9 Å². The molecule has 1 saturated heterocycles. The summed E-state index contributed by atoms with van der Waals surface area (Å²) in [4.78, 5) is 7.20. The van der Waals surface area contributed by atoms with E-state index in [4.69, 9.17) is 0 Å². The number of nitrogens with one attached hydrogen (secondary N) is 2. The van der Waals surface area contributed by atoms with Crippen LogP contribution < -0.4 is 10.6 Å². The fourth-order valence-electron chi connectivity index (χ4n) is 5.08. The lowest BCUT2D eigenvalue weighted by Gasteiger charge is -2.23. The minimum atomic E-state index is 0. The van der Waals surface area contributed by atoms with Gasteiger partial charge in [0.2, 0.25) is 0 Å². The molecular weight excluding hydrogens is 411 g/mol. The molecule has 3 aliphatic carbocycles. The Hall–Kier alpha value is -0.0400. The van der Waals surface area contributed by atoms with Crippen LogP contribution in [0.25, 0.3) is 0 Å². The molecule has 3 saturated carbocycles. The second-order valence-electron chi connectivity index (χ2n) is 8.47. The predicted octanol–water partition coefficient (Wildman–Crippen LogP) is 3.36. The van der Waals surface area contributed by atoms with E-state index >= 15 is 0 Å². The molecule has 2 N–H and O–H groups in total. The van der Waals surface area contributed by atoms with Gasteiger partial charge in [0.15, 0.2) is 5.96 Å². The molecule has 138 valence electrons. The molecule has 4 atom stereocenters. The van der Waals surface area contributed by atoms with Crippen LogP contribution in [-0.4, -0.2) is 48.6 Å². The summed E-state index contributed by atoms with van der Waals surface area (Å²) >= 11 is 0. The van der Waals surface area contributed by atoms with E-state index < -0.39 is 0 Å². The van der Waals surface area contributed by atoms with Crippen LogP contribution in [0, 0.1) is 11.8 Å². The third-order valence-electron chi connectivity index (χ3n) is 6.62. The minimum absolute atomic E-state index is 0. The standard InChI is InChI=1S/C19H34N4.HI/c1-13-10-15(12-23(13)16-8-9-16)21-19(20-2)22-18-11-17(18)14-6-4-3-5-7-14;/h13-18H,3-12H2,1-2H3,(H2,20,21,22);1H. The number of aliphatic imine (C=N–C) groups is 1. The SMILES string of the molecule is CN=C(NC1CC(C)N(C2CC2)C1)NC1CC1C1CCCCC1.I. The molecule has 1 aliphatic heterocycles. The molecule has 0 radical (unpaired) electrons. The van der Waals surface area contributed by atoms with Gasteiger partial charge in [-0.05, 0) is 44.4 Å². The van der Waals surface area contributed by atoms with E-state index in [0.717, 1.165) is 29.9 Å². The topological polar surface area (TPSA) is 39.7 Å². The average molecular weight is 446 g/mol. The first-order valence-electron chi connectivity index (χ1n) is 10.00. The first kappa shape index (κ1) is 18.7. The Kier molecular flexibility index (Phi) is 6.33.